The average Bonchev–Trinajstić information content (AvgIpc) is 3.25. The van der Waals surface area contributed by atoms with Crippen molar-refractivity contribution in [1.82, 2.24) is 4.57 Å². The van der Waals surface area contributed by atoms with Crippen molar-refractivity contribution in [2.75, 3.05) is 27.9 Å². The molecule has 0 fully saturated rings. The molecule has 1 aliphatic heterocycles. The molecule has 8 nitrogen and oxygen atoms in total. The first-order chi connectivity index (χ1) is 18.9. The SMILES string of the molecule is CCOC(=O)C1=C(C)N=c2sc(=Cc3ccc(OC)cc3)c(=O)n2C1c1c(OC)ccc2ccc(OC)cc12. The molecule has 0 N–H and O–H groups in total. The Morgan fingerprint density at radius 1 is 1.00 bits per heavy atom. The van der Waals surface area contributed by atoms with Gasteiger partial charge in [0.25, 0.3) is 5.56 Å². The quantitative estimate of drug-likeness (QED) is 0.327. The monoisotopic (exact) mass is 544 g/mol. The van der Waals surface area contributed by atoms with Crippen molar-refractivity contribution in [2.45, 2.75) is 19.9 Å². The second-order valence-electron chi connectivity index (χ2n) is 8.84. The molecule has 0 radical (unpaired) electrons. The van der Waals surface area contributed by atoms with Gasteiger partial charge in [-0.25, -0.2) is 9.79 Å². The van der Waals surface area contributed by atoms with Gasteiger partial charge in [-0.05, 0) is 66.6 Å². The summed E-state index contributed by atoms with van der Waals surface area (Å²) in [6.07, 6.45) is 1.81. The fourth-order valence-electron chi connectivity index (χ4n) is 4.81. The van der Waals surface area contributed by atoms with E-state index in [0.29, 0.717) is 32.1 Å². The van der Waals surface area contributed by atoms with Crippen LogP contribution in [0.15, 0.2) is 75.7 Å². The number of carbonyl (C=O) groups is 1. The molecule has 1 unspecified atom stereocenters. The maximum Gasteiger partial charge on any atom is 0.338 e. The van der Waals surface area contributed by atoms with Gasteiger partial charge >= 0.3 is 5.97 Å². The Morgan fingerprint density at radius 2 is 1.69 bits per heavy atom. The van der Waals surface area contributed by atoms with Crippen LogP contribution in [-0.4, -0.2) is 38.5 Å². The summed E-state index contributed by atoms with van der Waals surface area (Å²) in [5, 5.41) is 1.70. The summed E-state index contributed by atoms with van der Waals surface area (Å²) in [7, 11) is 4.77. The summed E-state index contributed by atoms with van der Waals surface area (Å²) in [5.74, 6) is 1.36. The number of hydrogen-bond donors (Lipinski definition) is 0. The number of rotatable bonds is 7. The van der Waals surface area contributed by atoms with E-state index in [-0.39, 0.29) is 17.7 Å². The van der Waals surface area contributed by atoms with Gasteiger partial charge in [0.05, 0.1) is 43.7 Å². The van der Waals surface area contributed by atoms with E-state index >= 15 is 0 Å². The van der Waals surface area contributed by atoms with Crippen molar-refractivity contribution in [3.8, 4) is 17.2 Å². The van der Waals surface area contributed by atoms with Crippen LogP contribution in [0.25, 0.3) is 16.8 Å². The first-order valence-corrected chi connectivity index (χ1v) is 13.2. The van der Waals surface area contributed by atoms with Gasteiger partial charge in [0.15, 0.2) is 4.80 Å². The minimum atomic E-state index is -0.830. The molecule has 5 rings (SSSR count). The summed E-state index contributed by atoms with van der Waals surface area (Å²) in [6, 6.07) is 16.1. The molecule has 0 bridgehead atoms. The van der Waals surface area contributed by atoms with Gasteiger partial charge in [-0.2, -0.15) is 0 Å². The molecule has 0 saturated heterocycles. The average molecular weight is 545 g/mol. The Kier molecular flexibility index (Phi) is 7.26. The molecule has 0 spiro atoms. The minimum Gasteiger partial charge on any atom is -0.497 e. The van der Waals surface area contributed by atoms with E-state index in [9.17, 15) is 9.59 Å². The molecule has 39 heavy (non-hydrogen) atoms. The molecule has 4 aromatic rings. The molecule has 1 atom stereocenters. The minimum absolute atomic E-state index is 0.185. The van der Waals surface area contributed by atoms with Gasteiger partial charge in [-0.3, -0.25) is 9.36 Å². The molecule has 2 heterocycles. The third-order valence-corrected chi connectivity index (χ3v) is 7.64. The molecular weight excluding hydrogens is 516 g/mol. The van der Waals surface area contributed by atoms with Crippen molar-refractivity contribution < 1.29 is 23.7 Å². The molecule has 200 valence electrons. The Balaban J connectivity index is 1.83. The fourth-order valence-corrected chi connectivity index (χ4v) is 5.85. The third-order valence-electron chi connectivity index (χ3n) is 6.65. The number of esters is 1. The number of ether oxygens (including phenoxy) is 4. The van der Waals surface area contributed by atoms with Crippen molar-refractivity contribution in [1.29, 1.82) is 0 Å². The second-order valence-corrected chi connectivity index (χ2v) is 9.85. The number of hydrogen-bond acceptors (Lipinski definition) is 8. The zero-order chi connectivity index (χ0) is 27.7. The first kappa shape index (κ1) is 26.2. The van der Waals surface area contributed by atoms with Gasteiger partial charge in [-0.15, -0.1) is 0 Å². The largest absolute Gasteiger partial charge is 0.497 e. The molecule has 3 aromatic carbocycles. The summed E-state index contributed by atoms with van der Waals surface area (Å²) >= 11 is 1.27. The lowest BCUT2D eigenvalue weighted by atomic mass is 9.90. The number of allylic oxidation sites excluding steroid dienone is 1. The van der Waals surface area contributed by atoms with E-state index in [1.165, 1.54) is 11.3 Å². The molecular formula is C30H28N2O6S. The van der Waals surface area contributed by atoms with E-state index in [4.69, 9.17) is 18.9 Å². The van der Waals surface area contributed by atoms with Crippen LogP contribution in [0.1, 0.15) is 31.0 Å². The summed E-state index contributed by atoms with van der Waals surface area (Å²) in [5.41, 5.74) is 2.00. The topological polar surface area (TPSA) is 88.4 Å². The first-order valence-electron chi connectivity index (χ1n) is 12.4. The maximum atomic E-state index is 14.0. The van der Waals surface area contributed by atoms with Crippen molar-refractivity contribution >= 4 is 34.2 Å². The number of fused-ring (bicyclic) bond motifs is 2. The molecule has 0 amide bonds. The predicted octanol–water partition coefficient (Wildman–Crippen LogP) is 3.98. The van der Waals surface area contributed by atoms with E-state index in [1.54, 1.807) is 39.7 Å². The highest BCUT2D eigenvalue weighted by Crippen LogP contribution is 2.41. The molecule has 0 saturated carbocycles. The van der Waals surface area contributed by atoms with Crippen LogP contribution in [0.5, 0.6) is 17.2 Å². The smallest absolute Gasteiger partial charge is 0.338 e. The van der Waals surface area contributed by atoms with Gasteiger partial charge in [0.2, 0.25) is 0 Å². The van der Waals surface area contributed by atoms with Crippen LogP contribution in [0, 0.1) is 0 Å². The lowest BCUT2D eigenvalue weighted by Crippen LogP contribution is -2.40. The normalized spacial score (nSPS) is 15.1. The number of methoxy groups -OCH3 is 3. The fraction of sp³-hybridized carbons (Fsp3) is 0.233. The highest BCUT2D eigenvalue weighted by atomic mass is 32.1. The number of nitrogens with zero attached hydrogens (tertiary/aromatic N) is 2. The lowest BCUT2D eigenvalue weighted by Gasteiger charge is -2.27. The zero-order valence-electron chi connectivity index (χ0n) is 22.3. The third kappa shape index (κ3) is 4.70. The molecule has 9 heteroatoms. The standard InChI is InChI=1S/C30H28N2O6S/c1-6-38-29(34)25-17(2)31-30-32(28(33)24(39-30)15-18-7-11-20(35-3)12-8-18)27(25)26-22-16-21(36-4)13-9-19(22)10-14-23(26)37-5/h7-16,27H,6H2,1-5H3. The predicted molar refractivity (Wildman–Crippen MR) is 150 cm³/mol. The summed E-state index contributed by atoms with van der Waals surface area (Å²) < 4.78 is 24.1. The van der Waals surface area contributed by atoms with Crippen molar-refractivity contribution in [2.24, 2.45) is 4.99 Å². The summed E-state index contributed by atoms with van der Waals surface area (Å²) in [4.78, 5) is 32.6. The molecule has 0 aliphatic carbocycles. The Bertz CT molecular complexity index is 1780. The van der Waals surface area contributed by atoms with E-state index < -0.39 is 12.0 Å². The maximum absolute atomic E-state index is 14.0. The molecule has 1 aliphatic rings. The van der Waals surface area contributed by atoms with E-state index in [1.807, 2.05) is 60.7 Å². The van der Waals surface area contributed by atoms with E-state index in [0.717, 1.165) is 22.1 Å². The Labute approximate surface area is 229 Å². The van der Waals surface area contributed by atoms with Gasteiger partial charge in [0, 0.05) is 5.56 Å². The molecule has 1 aromatic heterocycles. The van der Waals surface area contributed by atoms with Crippen LogP contribution in [-0.2, 0) is 9.53 Å². The lowest BCUT2D eigenvalue weighted by molar-refractivity contribution is -0.139. The number of benzene rings is 3. The highest BCUT2D eigenvalue weighted by Gasteiger charge is 2.36. The Hall–Kier alpha value is -4.37. The number of carbonyl (C=O) groups excluding carboxylic acids is 1. The highest BCUT2D eigenvalue weighted by molar-refractivity contribution is 7.07. The second kappa shape index (κ2) is 10.8. The van der Waals surface area contributed by atoms with Gasteiger partial charge < -0.3 is 18.9 Å². The van der Waals surface area contributed by atoms with Crippen LogP contribution in [0.2, 0.25) is 0 Å². The van der Waals surface area contributed by atoms with E-state index in [2.05, 4.69) is 4.99 Å². The van der Waals surface area contributed by atoms with Crippen molar-refractivity contribution in [3.63, 3.8) is 0 Å². The number of thiazole rings is 1. The van der Waals surface area contributed by atoms with Crippen LogP contribution in [0.3, 0.4) is 0 Å². The summed E-state index contributed by atoms with van der Waals surface area (Å²) in [6.45, 7) is 3.69. The van der Waals surface area contributed by atoms with Crippen LogP contribution < -0.4 is 29.1 Å². The van der Waals surface area contributed by atoms with Gasteiger partial charge in [-0.1, -0.05) is 35.6 Å². The Morgan fingerprint density at radius 3 is 2.36 bits per heavy atom. The van der Waals surface area contributed by atoms with Crippen LogP contribution in [0.4, 0.5) is 0 Å². The zero-order valence-corrected chi connectivity index (χ0v) is 23.1. The van der Waals surface area contributed by atoms with Crippen LogP contribution >= 0.6 is 11.3 Å². The van der Waals surface area contributed by atoms with Gasteiger partial charge in [0.1, 0.15) is 23.3 Å². The van der Waals surface area contributed by atoms with Crippen molar-refractivity contribution in [3.05, 3.63) is 96.7 Å². The number of aromatic nitrogens is 1.